The van der Waals surface area contributed by atoms with Crippen LogP contribution in [0.5, 0.6) is 5.75 Å². The summed E-state index contributed by atoms with van der Waals surface area (Å²) in [5.74, 6) is 1.55. The number of carbonyl (C=O) groups excluding carboxylic acids is 1. The molecule has 6 nitrogen and oxygen atoms in total. The summed E-state index contributed by atoms with van der Waals surface area (Å²) in [5, 5.41) is 6.91. The van der Waals surface area contributed by atoms with Crippen LogP contribution in [0.4, 0.5) is 4.79 Å². The lowest BCUT2D eigenvalue weighted by Gasteiger charge is -2.22. The Morgan fingerprint density at radius 3 is 2.79 bits per heavy atom. The van der Waals surface area contributed by atoms with Crippen LogP contribution >= 0.6 is 0 Å². The van der Waals surface area contributed by atoms with Crippen LogP contribution in [0.15, 0.2) is 28.8 Å². The molecular formula is C18H25N3O3. The molecule has 2 aromatic rings. The van der Waals surface area contributed by atoms with E-state index in [0.717, 1.165) is 28.3 Å². The van der Waals surface area contributed by atoms with Crippen molar-refractivity contribution in [3.63, 3.8) is 0 Å². The molecule has 130 valence electrons. The molecule has 6 heteroatoms. The van der Waals surface area contributed by atoms with E-state index < -0.39 is 0 Å². The predicted octanol–water partition coefficient (Wildman–Crippen LogP) is 3.59. The molecule has 1 atom stereocenters. The average molecular weight is 331 g/mol. The van der Waals surface area contributed by atoms with E-state index in [9.17, 15) is 4.79 Å². The summed E-state index contributed by atoms with van der Waals surface area (Å²) < 4.78 is 10.6. The van der Waals surface area contributed by atoms with Gasteiger partial charge in [0.25, 0.3) is 0 Å². The monoisotopic (exact) mass is 331 g/mol. The first kappa shape index (κ1) is 17.8. The minimum atomic E-state index is -0.149. The smallest absolute Gasteiger partial charge is 0.317 e. The number of benzene rings is 1. The van der Waals surface area contributed by atoms with Crippen molar-refractivity contribution in [3.05, 3.63) is 46.8 Å². The standard InChI is InChI=1S/C18H25N3O3/c1-6-23-16-9-7-8-15(10-16)12(2)19-18(22)21(5)11-17-13(3)20-24-14(17)4/h7-10,12H,6,11H2,1-5H3,(H,19,22). The molecule has 0 radical (unpaired) electrons. The number of hydrogen-bond acceptors (Lipinski definition) is 4. The zero-order valence-electron chi connectivity index (χ0n) is 14.9. The van der Waals surface area contributed by atoms with E-state index in [0.29, 0.717) is 13.2 Å². The van der Waals surface area contributed by atoms with E-state index in [2.05, 4.69) is 10.5 Å². The van der Waals surface area contributed by atoms with Crippen LogP contribution in [-0.2, 0) is 6.54 Å². The highest BCUT2D eigenvalue weighted by atomic mass is 16.5. The number of nitrogens with one attached hydrogen (secondary N) is 1. The second-order valence-corrected chi connectivity index (χ2v) is 5.84. The van der Waals surface area contributed by atoms with Crippen molar-refractivity contribution in [1.29, 1.82) is 0 Å². The Morgan fingerprint density at radius 1 is 1.42 bits per heavy atom. The number of rotatable bonds is 6. The maximum atomic E-state index is 12.4. The molecule has 1 aromatic carbocycles. The zero-order valence-corrected chi connectivity index (χ0v) is 14.9. The van der Waals surface area contributed by atoms with Crippen molar-refractivity contribution < 1.29 is 14.1 Å². The predicted molar refractivity (Wildman–Crippen MR) is 92.0 cm³/mol. The van der Waals surface area contributed by atoms with Gasteiger partial charge >= 0.3 is 6.03 Å². The lowest BCUT2D eigenvalue weighted by molar-refractivity contribution is 0.203. The van der Waals surface area contributed by atoms with E-state index in [1.807, 2.05) is 52.0 Å². The van der Waals surface area contributed by atoms with Gasteiger partial charge in [-0.1, -0.05) is 17.3 Å². The number of urea groups is 1. The molecule has 0 aliphatic carbocycles. The first-order valence-electron chi connectivity index (χ1n) is 8.08. The number of ether oxygens (including phenoxy) is 1. The molecule has 1 aromatic heterocycles. The van der Waals surface area contributed by atoms with Gasteiger partial charge in [-0.15, -0.1) is 0 Å². The first-order chi connectivity index (χ1) is 11.4. The first-order valence-corrected chi connectivity index (χ1v) is 8.08. The fraction of sp³-hybridized carbons (Fsp3) is 0.444. The molecule has 2 amide bonds. The SMILES string of the molecule is CCOc1cccc(C(C)NC(=O)N(C)Cc2c(C)noc2C)c1. The highest BCUT2D eigenvalue weighted by Gasteiger charge is 2.17. The third-order valence-corrected chi connectivity index (χ3v) is 3.93. The molecule has 1 N–H and O–H groups in total. The number of amides is 2. The van der Waals surface area contributed by atoms with Gasteiger partial charge in [0.05, 0.1) is 24.9 Å². The fourth-order valence-corrected chi connectivity index (χ4v) is 2.46. The summed E-state index contributed by atoms with van der Waals surface area (Å²) in [7, 11) is 1.75. The van der Waals surface area contributed by atoms with Crippen LogP contribution in [0.25, 0.3) is 0 Å². The Kier molecular flexibility index (Phi) is 5.84. The highest BCUT2D eigenvalue weighted by molar-refractivity contribution is 5.74. The Balaban J connectivity index is 1.99. The van der Waals surface area contributed by atoms with Crippen LogP contribution in [0.1, 0.15) is 42.5 Å². The van der Waals surface area contributed by atoms with Gasteiger partial charge in [0.1, 0.15) is 11.5 Å². The number of nitrogens with zero attached hydrogens (tertiary/aromatic N) is 2. The van der Waals surface area contributed by atoms with Crippen LogP contribution in [0, 0.1) is 13.8 Å². The molecule has 0 saturated heterocycles. The minimum absolute atomic E-state index is 0.120. The third kappa shape index (κ3) is 4.28. The molecule has 1 heterocycles. The molecule has 0 aliphatic heterocycles. The molecule has 1 unspecified atom stereocenters. The van der Waals surface area contributed by atoms with Crippen molar-refractivity contribution in [2.45, 2.75) is 40.3 Å². The Hall–Kier alpha value is -2.50. The van der Waals surface area contributed by atoms with Gasteiger partial charge in [-0.3, -0.25) is 0 Å². The Morgan fingerprint density at radius 2 is 2.17 bits per heavy atom. The van der Waals surface area contributed by atoms with Gasteiger partial charge in [-0.2, -0.15) is 0 Å². The summed E-state index contributed by atoms with van der Waals surface area (Å²) >= 11 is 0. The van der Waals surface area contributed by atoms with Crippen LogP contribution in [0.3, 0.4) is 0 Å². The molecule has 0 spiro atoms. The number of aromatic nitrogens is 1. The van der Waals surface area contributed by atoms with E-state index in [-0.39, 0.29) is 12.1 Å². The number of hydrogen-bond donors (Lipinski definition) is 1. The Labute approximate surface area is 142 Å². The molecule has 0 fully saturated rings. The average Bonchev–Trinajstić information content (AvgIpc) is 2.87. The minimum Gasteiger partial charge on any atom is -0.494 e. The summed E-state index contributed by atoms with van der Waals surface area (Å²) in [4.78, 5) is 14.0. The topological polar surface area (TPSA) is 67.6 Å². The van der Waals surface area contributed by atoms with Crippen molar-refractivity contribution >= 4 is 6.03 Å². The van der Waals surface area contributed by atoms with Crippen molar-refractivity contribution in [1.82, 2.24) is 15.4 Å². The molecule has 0 aliphatic rings. The molecule has 24 heavy (non-hydrogen) atoms. The summed E-state index contributed by atoms with van der Waals surface area (Å²) in [6, 6.07) is 7.49. The maximum absolute atomic E-state index is 12.4. The summed E-state index contributed by atoms with van der Waals surface area (Å²) in [6.07, 6.45) is 0. The van der Waals surface area contributed by atoms with Gasteiger partial charge in [-0.05, 0) is 45.4 Å². The van der Waals surface area contributed by atoms with E-state index in [1.165, 1.54) is 0 Å². The van der Waals surface area contributed by atoms with Crippen molar-refractivity contribution in [2.24, 2.45) is 0 Å². The van der Waals surface area contributed by atoms with Gasteiger partial charge in [0.2, 0.25) is 0 Å². The van der Waals surface area contributed by atoms with Gasteiger partial charge in [0, 0.05) is 12.6 Å². The third-order valence-electron chi connectivity index (χ3n) is 3.93. The van der Waals surface area contributed by atoms with E-state index in [4.69, 9.17) is 9.26 Å². The zero-order chi connectivity index (χ0) is 17.7. The van der Waals surface area contributed by atoms with Gasteiger partial charge < -0.3 is 19.5 Å². The molecule has 2 rings (SSSR count). The largest absolute Gasteiger partial charge is 0.494 e. The van der Waals surface area contributed by atoms with Gasteiger partial charge in [-0.25, -0.2) is 4.79 Å². The second-order valence-electron chi connectivity index (χ2n) is 5.84. The lowest BCUT2D eigenvalue weighted by Crippen LogP contribution is -2.38. The highest BCUT2D eigenvalue weighted by Crippen LogP contribution is 2.20. The second kappa shape index (κ2) is 7.86. The fourth-order valence-electron chi connectivity index (χ4n) is 2.46. The van der Waals surface area contributed by atoms with E-state index >= 15 is 0 Å². The van der Waals surface area contributed by atoms with E-state index in [1.54, 1.807) is 11.9 Å². The number of carbonyl (C=O) groups is 1. The molecule has 0 bridgehead atoms. The maximum Gasteiger partial charge on any atom is 0.317 e. The lowest BCUT2D eigenvalue weighted by atomic mass is 10.1. The Bertz CT molecular complexity index is 677. The normalized spacial score (nSPS) is 11.9. The quantitative estimate of drug-likeness (QED) is 0.878. The van der Waals surface area contributed by atoms with Crippen molar-refractivity contribution in [3.8, 4) is 5.75 Å². The summed E-state index contributed by atoms with van der Waals surface area (Å²) in [5.41, 5.74) is 2.75. The van der Waals surface area contributed by atoms with Crippen molar-refractivity contribution in [2.75, 3.05) is 13.7 Å². The summed E-state index contributed by atoms with van der Waals surface area (Å²) in [6.45, 7) is 8.69. The van der Waals surface area contributed by atoms with Gasteiger partial charge in [0.15, 0.2) is 0 Å². The molecular weight excluding hydrogens is 306 g/mol. The number of aryl methyl sites for hydroxylation is 2. The van der Waals surface area contributed by atoms with Crippen LogP contribution in [0.2, 0.25) is 0 Å². The molecule has 0 saturated carbocycles. The van der Waals surface area contributed by atoms with Crippen LogP contribution in [-0.4, -0.2) is 29.7 Å². The van der Waals surface area contributed by atoms with Crippen LogP contribution < -0.4 is 10.1 Å².